The molecule has 6 nitrogen and oxygen atoms in total. The maximum atomic E-state index is 12.8. The van der Waals surface area contributed by atoms with E-state index in [4.69, 9.17) is 14.2 Å². The Bertz CT molecular complexity index is 1510. The molecule has 368 valence electrons. The third-order valence-corrected chi connectivity index (χ3v) is 10.3. The summed E-state index contributed by atoms with van der Waals surface area (Å²) in [4.78, 5) is 38.0. The van der Waals surface area contributed by atoms with Crippen LogP contribution in [0.5, 0.6) is 0 Å². The van der Waals surface area contributed by atoms with Crippen molar-refractivity contribution in [3.63, 3.8) is 0 Å². The number of ether oxygens (including phenoxy) is 3. The quantitative estimate of drug-likeness (QED) is 0.0262. The molecule has 6 heteroatoms. The Morgan fingerprint density at radius 3 is 0.924 bits per heavy atom. The molecule has 0 radical (unpaired) electrons. The molecule has 66 heavy (non-hydrogen) atoms. The van der Waals surface area contributed by atoms with Crippen LogP contribution in [-0.2, 0) is 28.6 Å². The molecule has 1 unspecified atom stereocenters. The topological polar surface area (TPSA) is 78.9 Å². The number of allylic oxidation sites excluding steroid dienone is 24. The molecular weight excluding hydrogens is 817 g/mol. The summed E-state index contributed by atoms with van der Waals surface area (Å²) >= 11 is 0. The fourth-order valence-electron chi connectivity index (χ4n) is 6.48. The summed E-state index contributed by atoms with van der Waals surface area (Å²) in [5.41, 5.74) is 0. The van der Waals surface area contributed by atoms with Gasteiger partial charge in [-0.15, -0.1) is 0 Å². The van der Waals surface area contributed by atoms with Gasteiger partial charge in [0.05, 0.1) is 0 Å². The standard InChI is InChI=1S/C60H92O6/c1-4-7-10-13-16-19-22-25-28-29-30-33-35-38-41-44-47-50-53-59(62)65-56-57(66-60(63)54-51-48-45-42-39-36-32-27-24-21-18-15-12-9-6-3)55-64-58(61)52-49-46-43-40-37-34-31-26-23-20-17-14-11-8-5-2/h8-25,27-30,32-33,57H,4-7,26,31,34-56H2,1-3H3/b11-8-,12-9-,13-10-,17-14-,18-15-,19-16-,23-20-,24-21-,25-22-,29-28-,32-27-,33-30-. The summed E-state index contributed by atoms with van der Waals surface area (Å²) in [6.07, 6.45) is 75.3. The molecule has 0 aromatic heterocycles. The SMILES string of the molecule is CC\C=C/C=C\C=C/C=C\CCCCCCCC(=O)OC(COC(=O)CCCCCCC\C=C/C=C\C=C/C=C\C=C/CCC)COC(=O)CCCCCCCCC\C=C/C=C\C=C/CC. The molecule has 0 bridgehead atoms. The minimum atomic E-state index is -0.813. The predicted octanol–water partition coefficient (Wildman–Crippen LogP) is 17.3. The zero-order valence-electron chi connectivity index (χ0n) is 41.9. The monoisotopic (exact) mass is 909 g/mol. The molecule has 0 aliphatic rings. The Morgan fingerprint density at radius 1 is 0.318 bits per heavy atom. The minimum Gasteiger partial charge on any atom is -0.462 e. The third kappa shape index (κ3) is 50.3. The first-order valence-electron chi connectivity index (χ1n) is 26.0. The van der Waals surface area contributed by atoms with Crippen molar-refractivity contribution in [3.05, 3.63) is 146 Å². The van der Waals surface area contributed by atoms with E-state index in [2.05, 4.69) is 106 Å². The van der Waals surface area contributed by atoms with Crippen LogP contribution in [0.4, 0.5) is 0 Å². The van der Waals surface area contributed by atoms with Crippen molar-refractivity contribution >= 4 is 17.9 Å². The lowest BCUT2D eigenvalue weighted by atomic mass is 10.1. The molecule has 0 N–H and O–H groups in total. The molecule has 0 amide bonds. The first-order chi connectivity index (χ1) is 32.5. The van der Waals surface area contributed by atoms with Gasteiger partial charge in [0.15, 0.2) is 6.10 Å². The van der Waals surface area contributed by atoms with Crippen LogP contribution in [-0.4, -0.2) is 37.2 Å². The smallest absolute Gasteiger partial charge is 0.306 e. The summed E-state index contributed by atoms with van der Waals surface area (Å²) < 4.78 is 16.8. The number of hydrogen-bond acceptors (Lipinski definition) is 6. The molecule has 0 aromatic rings. The lowest BCUT2D eigenvalue weighted by Crippen LogP contribution is -2.30. The zero-order chi connectivity index (χ0) is 47.9. The van der Waals surface area contributed by atoms with Gasteiger partial charge < -0.3 is 14.2 Å². The predicted molar refractivity (Wildman–Crippen MR) is 283 cm³/mol. The largest absolute Gasteiger partial charge is 0.462 e. The van der Waals surface area contributed by atoms with Crippen molar-refractivity contribution in [3.8, 4) is 0 Å². The number of unbranched alkanes of at least 4 members (excludes halogenated alkanes) is 18. The number of rotatable bonds is 44. The zero-order valence-corrected chi connectivity index (χ0v) is 41.9. The highest BCUT2D eigenvalue weighted by atomic mass is 16.6. The van der Waals surface area contributed by atoms with Crippen molar-refractivity contribution in [1.82, 2.24) is 0 Å². The second kappa shape index (κ2) is 52.9. The molecule has 0 fully saturated rings. The average molecular weight is 909 g/mol. The Morgan fingerprint density at radius 2 is 0.591 bits per heavy atom. The molecule has 0 aromatic carbocycles. The van der Waals surface area contributed by atoms with Gasteiger partial charge in [0.2, 0.25) is 0 Å². The molecule has 0 rings (SSSR count). The van der Waals surface area contributed by atoms with Gasteiger partial charge in [-0.1, -0.05) is 244 Å². The van der Waals surface area contributed by atoms with Gasteiger partial charge in [-0.3, -0.25) is 14.4 Å². The molecule has 0 spiro atoms. The van der Waals surface area contributed by atoms with E-state index < -0.39 is 6.10 Å². The summed E-state index contributed by atoms with van der Waals surface area (Å²) in [7, 11) is 0. The fraction of sp³-hybridized carbons (Fsp3) is 0.550. The first-order valence-corrected chi connectivity index (χ1v) is 26.0. The van der Waals surface area contributed by atoms with Crippen molar-refractivity contribution in [2.24, 2.45) is 0 Å². The number of carbonyl (C=O) groups excluding carboxylic acids is 3. The summed E-state index contributed by atoms with van der Waals surface area (Å²) in [6, 6.07) is 0. The van der Waals surface area contributed by atoms with Gasteiger partial charge >= 0.3 is 17.9 Å². The second-order valence-electron chi connectivity index (χ2n) is 16.6. The average Bonchev–Trinajstić information content (AvgIpc) is 3.31. The van der Waals surface area contributed by atoms with Crippen molar-refractivity contribution < 1.29 is 28.6 Å². The Hall–Kier alpha value is -4.71. The van der Waals surface area contributed by atoms with Crippen LogP contribution in [0.3, 0.4) is 0 Å². The lowest BCUT2D eigenvalue weighted by molar-refractivity contribution is -0.167. The van der Waals surface area contributed by atoms with Crippen LogP contribution < -0.4 is 0 Å². The highest BCUT2D eigenvalue weighted by Crippen LogP contribution is 2.13. The van der Waals surface area contributed by atoms with E-state index in [0.717, 1.165) is 122 Å². The Labute approximate surface area is 404 Å². The van der Waals surface area contributed by atoms with Crippen molar-refractivity contribution in [2.75, 3.05) is 13.2 Å². The maximum Gasteiger partial charge on any atom is 0.306 e. The van der Waals surface area contributed by atoms with Crippen molar-refractivity contribution in [1.29, 1.82) is 0 Å². The van der Waals surface area contributed by atoms with Gasteiger partial charge in [0.1, 0.15) is 13.2 Å². The first kappa shape index (κ1) is 61.3. The molecule has 0 saturated carbocycles. The second-order valence-corrected chi connectivity index (χ2v) is 16.6. The third-order valence-electron chi connectivity index (χ3n) is 10.3. The molecule has 0 heterocycles. The van der Waals surface area contributed by atoms with Crippen LogP contribution in [0.2, 0.25) is 0 Å². The molecule has 1 atom stereocenters. The van der Waals surface area contributed by atoms with Gasteiger partial charge in [0, 0.05) is 19.3 Å². The maximum absolute atomic E-state index is 12.8. The van der Waals surface area contributed by atoms with Crippen LogP contribution >= 0.6 is 0 Å². The van der Waals surface area contributed by atoms with Crippen molar-refractivity contribution in [2.45, 2.75) is 200 Å². The molecular formula is C60H92O6. The lowest BCUT2D eigenvalue weighted by Gasteiger charge is -2.18. The minimum absolute atomic E-state index is 0.109. The van der Waals surface area contributed by atoms with Crippen LogP contribution in [0, 0.1) is 0 Å². The summed E-state index contributed by atoms with van der Waals surface area (Å²) in [5, 5.41) is 0. The Balaban J connectivity index is 4.54. The molecule has 0 saturated heterocycles. The van der Waals surface area contributed by atoms with Crippen LogP contribution in [0.1, 0.15) is 194 Å². The Kier molecular flexibility index (Phi) is 49.1. The number of esters is 3. The van der Waals surface area contributed by atoms with E-state index >= 15 is 0 Å². The van der Waals surface area contributed by atoms with Gasteiger partial charge in [-0.2, -0.15) is 0 Å². The van der Waals surface area contributed by atoms with Crippen LogP contribution in [0.25, 0.3) is 0 Å². The van der Waals surface area contributed by atoms with E-state index in [0.29, 0.717) is 12.8 Å². The highest BCUT2D eigenvalue weighted by molar-refractivity contribution is 5.71. The summed E-state index contributed by atoms with van der Waals surface area (Å²) in [5.74, 6) is -0.981. The number of carbonyl (C=O) groups is 3. The normalized spacial score (nSPS) is 13.3. The van der Waals surface area contributed by atoms with Crippen LogP contribution in [0.15, 0.2) is 146 Å². The molecule has 0 aliphatic heterocycles. The van der Waals surface area contributed by atoms with E-state index in [1.807, 2.05) is 60.8 Å². The van der Waals surface area contributed by atoms with E-state index in [1.54, 1.807) is 0 Å². The van der Waals surface area contributed by atoms with Gasteiger partial charge in [-0.25, -0.2) is 0 Å². The summed E-state index contributed by atoms with van der Waals surface area (Å²) in [6.45, 7) is 6.21. The van der Waals surface area contributed by atoms with E-state index in [1.165, 1.54) is 32.1 Å². The van der Waals surface area contributed by atoms with Gasteiger partial charge in [0.25, 0.3) is 0 Å². The number of hydrogen-bond donors (Lipinski definition) is 0. The fourth-order valence-corrected chi connectivity index (χ4v) is 6.48. The van der Waals surface area contributed by atoms with E-state index in [9.17, 15) is 14.4 Å². The highest BCUT2D eigenvalue weighted by Gasteiger charge is 2.19. The molecule has 0 aliphatic carbocycles. The van der Waals surface area contributed by atoms with E-state index in [-0.39, 0.29) is 37.5 Å². The van der Waals surface area contributed by atoms with Gasteiger partial charge in [-0.05, 0) is 77.0 Å².